The van der Waals surface area contributed by atoms with Gasteiger partial charge in [-0.05, 0) is 77.0 Å². The SMILES string of the molecule is CC/C=C\C/C=C\C/C=C\C/C=C\C/C=C\CCCCCC(=O)NC(CS(=O)(=O)O)C(O)/C=C/CC/C=C/CCCCCCCCCCCCCCC. The van der Waals surface area contributed by atoms with E-state index in [0.29, 0.717) is 12.8 Å². The molecule has 0 fully saturated rings. The summed E-state index contributed by atoms with van der Waals surface area (Å²) in [6.45, 7) is 4.41. The topological polar surface area (TPSA) is 104 Å². The standard InChI is InChI=1S/C46H79NO5S/c1-3-5-7-9-11-13-15-17-19-21-23-25-27-29-31-33-35-37-39-41-45(48)44(43-53(50,51)52)47-46(49)42-40-38-36-34-32-30-28-26-24-22-20-18-16-14-12-10-8-6-4-2/h6,8,12,14,18,20,24,26,30-33,39,41,44-45,48H,3-5,7,9-11,13,15-17,19,21-23,25,27-29,34-38,40,42-43H2,1-2H3,(H,47,49)(H,50,51,52)/b8-6-,14-12-,20-18-,26-24-,32-30-,33-31+,41-39+. The van der Waals surface area contributed by atoms with E-state index in [-0.39, 0.29) is 12.3 Å². The molecule has 53 heavy (non-hydrogen) atoms. The first-order valence-corrected chi connectivity index (χ1v) is 22.9. The molecular weight excluding hydrogens is 679 g/mol. The largest absolute Gasteiger partial charge is 0.387 e. The second-order valence-electron chi connectivity index (χ2n) is 14.2. The lowest BCUT2D eigenvalue weighted by molar-refractivity contribution is -0.122. The van der Waals surface area contributed by atoms with Crippen LogP contribution in [0.15, 0.2) is 85.1 Å². The van der Waals surface area contributed by atoms with E-state index in [9.17, 15) is 22.9 Å². The molecule has 0 aliphatic rings. The van der Waals surface area contributed by atoms with Crippen LogP contribution in [0, 0.1) is 0 Å². The molecule has 0 bridgehead atoms. The van der Waals surface area contributed by atoms with Crippen LogP contribution in [0.4, 0.5) is 0 Å². The van der Waals surface area contributed by atoms with Crippen molar-refractivity contribution in [3.05, 3.63) is 85.1 Å². The summed E-state index contributed by atoms with van der Waals surface area (Å²) in [4.78, 5) is 12.5. The molecule has 0 saturated carbocycles. The normalized spacial score (nSPS) is 14.1. The van der Waals surface area contributed by atoms with Gasteiger partial charge in [0.15, 0.2) is 0 Å². The minimum atomic E-state index is -4.37. The fourth-order valence-corrected chi connectivity index (χ4v) is 6.64. The molecule has 0 spiro atoms. The first kappa shape index (κ1) is 50.5. The van der Waals surface area contributed by atoms with Gasteiger partial charge in [-0.25, -0.2) is 0 Å². The summed E-state index contributed by atoms with van der Waals surface area (Å²) in [5, 5.41) is 13.2. The molecule has 0 aromatic carbocycles. The highest BCUT2D eigenvalue weighted by atomic mass is 32.2. The Morgan fingerprint density at radius 1 is 0.528 bits per heavy atom. The van der Waals surface area contributed by atoms with Crippen LogP contribution in [0.1, 0.15) is 181 Å². The summed E-state index contributed by atoms with van der Waals surface area (Å²) in [5.74, 6) is -1.05. The third kappa shape index (κ3) is 40.5. The van der Waals surface area contributed by atoms with Crippen LogP contribution in [-0.4, -0.2) is 41.9 Å². The van der Waals surface area contributed by atoms with Crippen LogP contribution in [0.5, 0.6) is 0 Å². The number of amides is 1. The molecule has 6 nitrogen and oxygen atoms in total. The van der Waals surface area contributed by atoms with E-state index >= 15 is 0 Å². The van der Waals surface area contributed by atoms with Gasteiger partial charge in [0, 0.05) is 6.42 Å². The van der Waals surface area contributed by atoms with E-state index in [0.717, 1.165) is 64.2 Å². The van der Waals surface area contributed by atoms with Gasteiger partial charge in [-0.3, -0.25) is 9.35 Å². The van der Waals surface area contributed by atoms with Crippen LogP contribution in [0.3, 0.4) is 0 Å². The van der Waals surface area contributed by atoms with Crippen LogP contribution in [0.25, 0.3) is 0 Å². The number of allylic oxidation sites excluding steroid dienone is 13. The van der Waals surface area contributed by atoms with Crippen LogP contribution >= 0.6 is 0 Å². The summed E-state index contributed by atoms with van der Waals surface area (Å²) in [7, 11) is -4.37. The van der Waals surface area contributed by atoms with Crippen molar-refractivity contribution in [2.75, 3.05) is 5.75 Å². The maximum atomic E-state index is 12.5. The summed E-state index contributed by atoms with van der Waals surface area (Å²) >= 11 is 0. The van der Waals surface area contributed by atoms with Gasteiger partial charge in [0.1, 0.15) is 0 Å². The van der Waals surface area contributed by atoms with Gasteiger partial charge < -0.3 is 10.4 Å². The highest BCUT2D eigenvalue weighted by molar-refractivity contribution is 7.85. The Hall–Kier alpha value is -2.48. The molecular formula is C46H79NO5S. The number of rotatable bonds is 37. The average Bonchev–Trinajstić information content (AvgIpc) is 3.12. The van der Waals surface area contributed by atoms with Gasteiger partial charge in [-0.1, -0.05) is 182 Å². The molecule has 2 unspecified atom stereocenters. The van der Waals surface area contributed by atoms with E-state index in [4.69, 9.17) is 0 Å². The lowest BCUT2D eigenvalue weighted by Gasteiger charge is -2.21. The highest BCUT2D eigenvalue weighted by Crippen LogP contribution is 2.13. The summed E-state index contributed by atoms with van der Waals surface area (Å²) in [6.07, 6.45) is 57.1. The third-order valence-electron chi connectivity index (χ3n) is 9.06. The number of hydrogen-bond donors (Lipinski definition) is 3. The van der Waals surface area contributed by atoms with Crippen molar-refractivity contribution in [3.63, 3.8) is 0 Å². The lowest BCUT2D eigenvalue weighted by atomic mass is 10.0. The molecule has 0 saturated heterocycles. The van der Waals surface area contributed by atoms with E-state index in [2.05, 4.69) is 92.1 Å². The van der Waals surface area contributed by atoms with Crippen molar-refractivity contribution in [2.45, 2.75) is 193 Å². The number of carbonyl (C=O) groups excluding carboxylic acids is 1. The van der Waals surface area contributed by atoms with Gasteiger partial charge in [0.25, 0.3) is 10.1 Å². The summed E-state index contributed by atoms with van der Waals surface area (Å²) in [6, 6.07) is -1.10. The minimum Gasteiger partial charge on any atom is -0.387 e. The monoisotopic (exact) mass is 758 g/mol. The van der Waals surface area contributed by atoms with Crippen LogP contribution in [0.2, 0.25) is 0 Å². The predicted octanol–water partition coefficient (Wildman–Crippen LogP) is 12.8. The molecule has 0 rings (SSSR count). The van der Waals surface area contributed by atoms with Gasteiger partial charge >= 0.3 is 0 Å². The molecule has 2 atom stereocenters. The van der Waals surface area contributed by atoms with Gasteiger partial charge in [0.2, 0.25) is 5.91 Å². The summed E-state index contributed by atoms with van der Waals surface area (Å²) in [5.41, 5.74) is 0. The molecule has 0 radical (unpaired) electrons. The third-order valence-corrected chi connectivity index (χ3v) is 9.84. The van der Waals surface area contributed by atoms with Crippen molar-refractivity contribution in [1.29, 1.82) is 0 Å². The average molecular weight is 758 g/mol. The first-order chi connectivity index (χ1) is 25.8. The Bertz CT molecular complexity index is 1150. The number of carbonyl (C=O) groups is 1. The molecule has 7 heteroatoms. The zero-order valence-electron chi connectivity index (χ0n) is 33.9. The Morgan fingerprint density at radius 2 is 0.925 bits per heavy atom. The van der Waals surface area contributed by atoms with Crippen molar-refractivity contribution >= 4 is 16.0 Å². The van der Waals surface area contributed by atoms with Crippen molar-refractivity contribution < 1.29 is 22.9 Å². The Kier molecular flexibility index (Phi) is 37.4. The van der Waals surface area contributed by atoms with Crippen LogP contribution in [-0.2, 0) is 14.9 Å². The number of aliphatic hydroxyl groups excluding tert-OH is 1. The van der Waals surface area contributed by atoms with E-state index in [1.165, 1.54) is 89.5 Å². The molecule has 3 N–H and O–H groups in total. The number of aliphatic hydroxyl groups is 1. The molecule has 304 valence electrons. The highest BCUT2D eigenvalue weighted by Gasteiger charge is 2.24. The molecule has 0 aromatic rings. The fourth-order valence-electron chi connectivity index (χ4n) is 5.90. The predicted molar refractivity (Wildman–Crippen MR) is 230 cm³/mol. The van der Waals surface area contributed by atoms with Crippen molar-refractivity contribution in [2.24, 2.45) is 0 Å². The second kappa shape index (κ2) is 39.2. The maximum absolute atomic E-state index is 12.5. The van der Waals surface area contributed by atoms with Crippen LogP contribution < -0.4 is 5.32 Å². The molecule has 0 aliphatic heterocycles. The zero-order chi connectivity index (χ0) is 38.9. The maximum Gasteiger partial charge on any atom is 0.267 e. The fraction of sp³-hybridized carbons (Fsp3) is 0.674. The molecule has 0 aromatic heterocycles. The smallest absolute Gasteiger partial charge is 0.267 e. The zero-order valence-corrected chi connectivity index (χ0v) is 34.7. The quantitative estimate of drug-likeness (QED) is 0.0332. The summed E-state index contributed by atoms with van der Waals surface area (Å²) < 4.78 is 32.5. The molecule has 0 aliphatic carbocycles. The van der Waals surface area contributed by atoms with Crippen molar-refractivity contribution in [3.8, 4) is 0 Å². The van der Waals surface area contributed by atoms with Gasteiger partial charge in [-0.2, -0.15) is 8.42 Å². The number of nitrogens with one attached hydrogen (secondary N) is 1. The Labute approximate surface area is 326 Å². The lowest BCUT2D eigenvalue weighted by Crippen LogP contribution is -2.46. The van der Waals surface area contributed by atoms with E-state index in [1.807, 2.05) is 0 Å². The molecule has 0 heterocycles. The van der Waals surface area contributed by atoms with Crippen molar-refractivity contribution in [1.82, 2.24) is 5.32 Å². The van der Waals surface area contributed by atoms with E-state index in [1.54, 1.807) is 6.08 Å². The second-order valence-corrected chi connectivity index (χ2v) is 15.7. The first-order valence-electron chi connectivity index (χ1n) is 21.3. The number of hydrogen-bond acceptors (Lipinski definition) is 4. The Morgan fingerprint density at radius 3 is 1.42 bits per heavy atom. The molecule has 1 amide bonds. The van der Waals surface area contributed by atoms with E-state index < -0.39 is 28.0 Å². The number of unbranched alkanes of at least 4 members (excludes halogenated alkanes) is 17. The minimum absolute atomic E-state index is 0.244. The Balaban J connectivity index is 4.05. The van der Waals surface area contributed by atoms with Gasteiger partial charge in [0.05, 0.1) is 17.9 Å². The van der Waals surface area contributed by atoms with Gasteiger partial charge in [-0.15, -0.1) is 0 Å².